The van der Waals surface area contributed by atoms with Crippen LogP contribution in [0.25, 0.3) is 5.69 Å². The van der Waals surface area contributed by atoms with E-state index in [0.29, 0.717) is 22.2 Å². The summed E-state index contributed by atoms with van der Waals surface area (Å²) >= 11 is 1.45. The van der Waals surface area contributed by atoms with Crippen LogP contribution in [0.15, 0.2) is 64.7 Å². The summed E-state index contributed by atoms with van der Waals surface area (Å²) in [6.45, 7) is 5.54. The Morgan fingerprint density at radius 3 is 2.68 bits per heavy atom. The van der Waals surface area contributed by atoms with Crippen LogP contribution in [0, 0.1) is 6.92 Å². The van der Waals surface area contributed by atoms with Crippen LogP contribution in [-0.4, -0.2) is 39.7 Å². The van der Waals surface area contributed by atoms with Crippen molar-refractivity contribution in [2.45, 2.75) is 37.8 Å². The highest BCUT2D eigenvalue weighted by Crippen LogP contribution is 2.30. The molecule has 2 aromatic carbocycles. The zero-order valence-electron chi connectivity index (χ0n) is 18.3. The smallest absolute Gasteiger partial charge is 0.287 e. The number of aromatic nitrogens is 2. The van der Waals surface area contributed by atoms with Crippen molar-refractivity contribution in [1.29, 1.82) is 0 Å². The molecule has 1 heterocycles. The fourth-order valence-corrected chi connectivity index (χ4v) is 3.90. The quantitative estimate of drug-likeness (QED) is 0.507. The number of aliphatic hydroxyl groups is 1. The zero-order valence-corrected chi connectivity index (χ0v) is 19.1. The van der Waals surface area contributed by atoms with E-state index in [0.717, 1.165) is 12.2 Å². The molecule has 31 heavy (non-hydrogen) atoms. The van der Waals surface area contributed by atoms with E-state index in [1.165, 1.54) is 30.0 Å². The molecule has 0 unspecified atom stereocenters. The van der Waals surface area contributed by atoms with Crippen LogP contribution in [0.5, 0.6) is 11.5 Å². The first-order valence-corrected chi connectivity index (χ1v) is 11.0. The number of rotatable bonds is 9. The van der Waals surface area contributed by atoms with E-state index in [1.807, 2.05) is 6.07 Å². The van der Waals surface area contributed by atoms with E-state index in [9.17, 15) is 9.90 Å². The molecule has 1 N–H and O–H groups in total. The SMILES string of the molecule is COc1cc(-n2ccnc(SCCc3cccc(C)c3)c2=O)ccc1OCC(C)(C)O. The van der Waals surface area contributed by atoms with Crippen LogP contribution >= 0.6 is 11.8 Å². The van der Waals surface area contributed by atoms with Gasteiger partial charge in [0.1, 0.15) is 6.61 Å². The van der Waals surface area contributed by atoms with Gasteiger partial charge in [-0.25, -0.2) is 4.98 Å². The molecule has 1 aromatic heterocycles. The van der Waals surface area contributed by atoms with E-state index < -0.39 is 5.60 Å². The van der Waals surface area contributed by atoms with E-state index in [4.69, 9.17) is 9.47 Å². The van der Waals surface area contributed by atoms with Crippen molar-refractivity contribution in [1.82, 2.24) is 9.55 Å². The number of nitrogens with zero attached hydrogens (tertiary/aromatic N) is 2. The van der Waals surface area contributed by atoms with Crippen molar-refractivity contribution in [2.24, 2.45) is 0 Å². The van der Waals surface area contributed by atoms with E-state index in [-0.39, 0.29) is 12.2 Å². The van der Waals surface area contributed by atoms with Gasteiger partial charge < -0.3 is 14.6 Å². The molecule has 0 saturated heterocycles. The lowest BCUT2D eigenvalue weighted by Crippen LogP contribution is -2.28. The molecule has 0 aliphatic heterocycles. The Balaban J connectivity index is 1.76. The zero-order chi connectivity index (χ0) is 22.4. The second kappa shape index (κ2) is 10.0. The number of aryl methyl sites for hydroxylation is 2. The summed E-state index contributed by atoms with van der Waals surface area (Å²) in [7, 11) is 1.54. The molecular formula is C24H28N2O4S. The van der Waals surface area contributed by atoms with Crippen molar-refractivity contribution < 1.29 is 14.6 Å². The molecule has 7 heteroatoms. The molecule has 0 radical (unpaired) electrons. The number of methoxy groups -OCH3 is 1. The number of hydrogen-bond acceptors (Lipinski definition) is 6. The standard InChI is InChI=1S/C24H28N2O4S/c1-17-6-5-7-18(14-17)10-13-31-22-23(27)26(12-11-25-22)19-8-9-20(21(15-19)29-4)30-16-24(2,3)28/h5-9,11-12,14-15,28H,10,13,16H2,1-4H3. The Labute approximate surface area is 186 Å². The van der Waals surface area contributed by atoms with Gasteiger partial charge in [0.2, 0.25) is 0 Å². The topological polar surface area (TPSA) is 73.6 Å². The molecule has 0 aliphatic rings. The third-order valence-corrected chi connectivity index (χ3v) is 5.49. The van der Waals surface area contributed by atoms with Gasteiger partial charge in [-0.15, -0.1) is 11.8 Å². The molecule has 3 rings (SSSR count). The van der Waals surface area contributed by atoms with Gasteiger partial charge in [0.25, 0.3) is 5.56 Å². The average Bonchev–Trinajstić information content (AvgIpc) is 2.73. The van der Waals surface area contributed by atoms with E-state index in [2.05, 4.69) is 30.1 Å². The van der Waals surface area contributed by atoms with Crippen molar-refractivity contribution in [2.75, 3.05) is 19.5 Å². The predicted octanol–water partition coefficient (Wildman–Crippen LogP) is 4.03. The molecule has 0 spiro atoms. The van der Waals surface area contributed by atoms with Gasteiger partial charge in [-0.05, 0) is 44.9 Å². The minimum Gasteiger partial charge on any atom is -0.493 e. The maximum Gasteiger partial charge on any atom is 0.287 e. The number of benzene rings is 2. The molecule has 6 nitrogen and oxygen atoms in total. The summed E-state index contributed by atoms with van der Waals surface area (Å²) < 4.78 is 12.6. The molecule has 0 bridgehead atoms. The largest absolute Gasteiger partial charge is 0.493 e. The van der Waals surface area contributed by atoms with Gasteiger partial charge in [-0.2, -0.15) is 0 Å². The minimum absolute atomic E-state index is 0.125. The normalized spacial score (nSPS) is 11.4. The summed E-state index contributed by atoms with van der Waals surface area (Å²) in [6, 6.07) is 13.6. The van der Waals surface area contributed by atoms with Crippen LogP contribution in [-0.2, 0) is 6.42 Å². The van der Waals surface area contributed by atoms with E-state index in [1.54, 1.807) is 49.0 Å². The third kappa shape index (κ3) is 6.35. The Morgan fingerprint density at radius 1 is 1.16 bits per heavy atom. The number of hydrogen-bond donors (Lipinski definition) is 1. The summed E-state index contributed by atoms with van der Waals surface area (Å²) in [5, 5.41) is 10.3. The lowest BCUT2D eigenvalue weighted by molar-refractivity contribution is 0.0276. The van der Waals surface area contributed by atoms with Crippen LogP contribution < -0.4 is 15.0 Å². The average molecular weight is 441 g/mol. The maximum atomic E-state index is 13.0. The van der Waals surface area contributed by atoms with Gasteiger partial charge in [0, 0.05) is 24.2 Å². The second-order valence-corrected chi connectivity index (χ2v) is 9.01. The minimum atomic E-state index is -0.962. The fraction of sp³-hybridized carbons (Fsp3) is 0.333. The lowest BCUT2D eigenvalue weighted by Gasteiger charge is -2.19. The van der Waals surface area contributed by atoms with E-state index >= 15 is 0 Å². The van der Waals surface area contributed by atoms with Crippen molar-refractivity contribution >= 4 is 11.8 Å². The Hall–Kier alpha value is -2.77. The van der Waals surface area contributed by atoms with Gasteiger partial charge >= 0.3 is 0 Å². The molecule has 0 amide bonds. The number of thioether (sulfide) groups is 1. The van der Waals surface area contributed by atoms with Gasteiger partial charge in [0.05, 0.1) is 18.4 Å². The molecule has 164 valence electrons. The Kier molecular flexibility index (Phi) is 7.41. The molecule has 0 saturated carbocycles. The fourth-order valence-electron chi connectivity index (χ4n) is 3.01. The first-order valence-electron chi connectivity index (χ1n) is 10.1. The van der Waals surface area contributed by atoms with Gasteiger partial charge in [0.15, 0.2) is 16.5 Å². The molecule has 0 fully saturated rings. The predicted molar refractivity (Wildman–Crippen MR) is 124 cm³/mol. The Morgan fingerprint density at radius 2 is 1.97 bits per heavy atom. The Bertz CT molecular complexity index is 1090. The van der Waals surface area contributed by atoms with Crippen molar-refractivity contribution in [3.05, 3.63) is 76.3 Å². The highest BCUT2D eigenvalue weighted by molar-refractivity contribution is 7.99. The van der Waals surface area contributed by atoms with Crippen LogP contribution in [0.2, 0.25) is 0 Å². The van der Waals surface area contributed by atoms with Crippen LogP contribution in [0.3, 0.4) is 0 Å². The second-order valence-electron chi connectivity index (χ2n) is 7.93. The highest BCUT2D eigenvalue weighted by atomic mass is 32.2. The molecule has 3 aromatic rings. The molecular weight excluding hydrogens is 412 g/mol. The summed E-state index contributed by atoms with van der Waals surface area (Å²) in [5.41, 5.74) is 1.99. The monoisotopic (exact) mass is 440 g/mol. The number of ether oxygens (including phenoxy) is 2. The lowest BCUT2D eigenvalue weighted by atomic mass is 10.1. The molecule has 0 atom stereocenters. The van der Waals surface area contributed by atoms with Crippen LogP contribution in [0.4, 0.5) is 0 Å². The summed E-state index contributed by atoms with van der Waals surface area (Å²) in [5.74, 6) is 1.75. The van der Waals surface area contributed by atoms with Gasteiger partial charge in [-0.3, -0.25) is 9.36 Å². The third-order valence-electron chi connectivity index (χ3n) is 4.53. The van der Waals surface area contributed by atoms with Crippen molar-refractivity contribution in [3.8, 4) is 17.2 Å². The highest BCUT2D eigenvalue weighted by Gasteiger charge is 2.16. The molecule has 0 aliphatic carbocycles. The first kappa shape index (κ1) is 22.9. The summed E-state index contributed by atoms with van der Waals surface area (Å²) in [6.07, 6.45) is 4.13. The van der Waals surface area contributed by atoms with Gasteiger partial charge in [-0.1, -0.05) is 29.8 Å². The van der Waals surface area contributed by atoms with Crippen molar-refractivity contribution in [3.63, 3.8) is 0 Å². The maximum absolute atomic E-state index is 13.0. The first-order chi connectivity index (χ1) is 14.8. The summed E-state index contributed by atoms with van der Waals surface area (Å²) in [4.78, 5) is 17.3. The van der Waals surface area contributed by atoms with Crippen LogP contribution in [0.1, 0.15) is 25.0 Å².